The summed E-state index contributed by atoms with van der Waals surface area (Å²) in [5.41, 5.74) is 1.00. The van der Waals surface area contributed by atoms with Crippen LogP contribution in [0.15, 0.2) is 0 Å². The van der Waals surface area contributed by atoms with Crippen LogP contribution in [0.4, 0.5) is 5.13 Å². The van der Waals surface area contributed by atoms with Gasteiger partial charge in [-0.2, -0.15) is 0 Å². The second-order valence-electron chi connectivity index (χ2n) is 5.19. The van der Waals surface area contributed by atoms with E-state index in [2.05, 4.69) is 22.1 Å². The van der Waals surface area contributed by atoms with Crippen LogP contribution in [0, 0.1) is 19.8 Å². The molecule has 0 saturated carbocycles. The molecule has 0 unspecified atom stereocenters. The number of carbonyl (C=O) groups excluding carboxylic acids is 1. The van der Waals surface area contributed by atoms with E-state index in [0.717, 1.165) is 28.8 Å². The van der Waals surface area contributed by atoms with E-state index in [1.807, 2.05) is 13.8 Å². The lowest BCUT2D eigenvalue weighted by atomic mass is 10.0. The van der Waals surface area contributed by atoms with Crippen molar-refractivity contribution >= 4 is 22.4 Å². The van der Waals surface area contributed by atoms with Gasteiger partial charge in [0, 0.05) is 11.4 Å². The van der Waals surface area contributed by atoms with Crippen molar-refractivity contribution < 1.29 is 4.79 Å². The number of nitrogens with zero attached hydrogens (tertiary/aromatic N) is 2. The quantitative estimate of drug-likeness (QED) is 0.915. The lowest BCUT2D eigenvalue weighted by Crippen LogP contribution is -2.39. The monoisotopic (exact) mass is 267 g/mol. The summed E-state index contributed by atoms with van der Waals surface area (Å²) in [5.74, 6) is 0.758. The van der Waals surface area contributed by atoms with E-state index in [1.54, 1.807) is 11.3 Å². The number of hydrogen-bond acceptors (Lipinski definition) is 4. The molecule has 0 aromatic carbocycles. The topological polar surface area (TPSA) is 45.2 Å². The van der Waals surface area contributed by atoms with E-state index in [-0.39, 0.29) is 5.91 Å². The second-order valence-corrected chi connectivity index (χ2v) is 6.39. The Morgan fingerprint density at radius 2 is 2.33 bits per heavy atom. The van der Waals surface area contributed by atoms with Crippen molar-refractivity contribution in [3.8, 4) is 0 Å². The van der Waals surface area contributed by atoms with Gasteiger partial charge in [0.1, 0.15) is 0 Å². The SMILES string of the molecule is Cc1nc(NC(=O)CN2CCC[C@H](C)C2)sc1C. The average Bonchev–Trinajstić information content (AvgIpc) is 2.57. The first kappa shape index (κ1) is 13.5. The van der Waals surface area contributed by atoms with Crippen molar-refractivity contribution in [3.63, 3.8) is 0 Å². The summed E-state index contributed by atoms with van der Waals surface area (Å²) in [6, 6.07) is 0. The number of anilines is 1. The molecule has 2 heterocycles. The maximum Gasteiger partial charge on any atom is 0.240 e. The van der Waals surface area contributed by atoms with Crippen LogP contribution in [0.3, 0.4) is 0 Å². The van der Waals surface area contributed by atoms with E-state index < -0.39 is 0 Å². The highest BCUT2D eigenvalue weighted by Gasteiger charge is 2.19. The number of nitrogens with one attached hydrogen (secondary N) is 1. The molecule has 4 nitrogen and oxygen atoms in total. The molecule has 1 fully saturated rings. The average molecular weight is 267 g/mol. The largest absolute Gasteiger partial charge is 0.301 e. The summed E-state index contributed by atoms with van der Waals surface area (Å²) in [7, 11) is 0. The fourth-order valence-corrected chi connectivity index (χ4v) is 3.15. The summed E-state index contributed by atoms with van der Waals surface area (Å²) in [5, 5.41) is 3.61. The van der Waals surface area contributed by atoms with Gasteiger partial charge in [0.05, 0.1) is 12.2 Å². The van der Waals surface area contributed by atoms with Crippen LogP contribution in [0.25, 0.3) is 0 Å². The number of carbonyl (C=O) groups is 1. The normalized spacial score (nSPS) is 20.9. The van der Waals surface area contributed by atoms with E-state index in [0.29, 0.717) is 12.5 Å². The fourth-order valence-electron chi connectivity index (χ4n) is 2.32. The molecular weight excluding hydrogens is 246 g/mol. The third-order valence-electron chi connectivity index (χ3n) is 3.38. The molecule has 100 valence electrons. The smallest absolute Gasteiger partial charge is 0.240 e. The minimum atomic E-state index is 0.0536. The first-order valence-corrected chi connectivity index (χ1v) is 7.32. The van der Waals surface area contributed by atoms with Crippen LogP contribution >= 0.6 is 11.3 Å². The molecule has 1 N–H and O–H groups in total. The number of amides is 1. The van der Waals surface area contributed by atoms with Crippen molar-refractivity contribution in [2.24, 2.45) is 5.92 Å². The van der Waals surface area contributed by atoms with Crippen molar-refractivity contribution in [1.29, 1.82) is 0 Å². The molecular formula is C13H21N3OS. The molecule has 1 atom stereocenters. The Hall–Kier alpha value is -0.940. The fraction of sp³-hybridized carbons (Fsp3) is 0.692. The third-order valence-corrected chi connectivity index (χ3v) is 4.37. The highest BCUT2D eigenvalue weighted by Crippen LogP contribution is 2.21. The van der Waals surface area contributed by atoms with Crippen LogP contribution in [0.1, 0.15) is 30.3 Å². The molecule has 1 aliphatic heterocycles. The molecule has 0 radical (unpaired) electrons. The van der Waals surface area contributed by atoms with E-state index in [9.17, 15) is 4.79 Å². The van der Waals surface area contributed by atoms with Gasteiger partial charge in [0.2, 0.25) is 5.91 Å². The van der Waals surface area contributed by atoms with Gasteiger partial charge in [-0.15, -0.1) is 11.3 Å². The Bertz CT molecular complexity index is 410. The van der Waals surface area contributed by atoms with Crippen LogP contribution in [0.2, 0.25) is 0 Å². The Kier molecular flexibility index (Phi) is 4.35. The van der Waals surface area contributed by atoms with Crippen LogP contribution < -0.4 is 5.32 Å². The lowest BCUT2D eigenvalue weighted by Gasteiger charge is -2.29. The standard InChI is InChI=1S/C13H21N3OS/c1-9-5-4-6-16(7-9)8-12(17)15-13-14-10(2)11(3)18-13/h9H,4-8H2,1-3H3,(H,14,15,17)/t9-/m0/s1. The molecule has 0 aliphatic carbocycles. The molecule has 0 spiro atoms. The molecule has 1 aliphatic rings. The molecule has 2 rings (SSSR count). The van der Waals surface area contributed by atoms with Gasteiger partial charge in [0.15, 0.2) is 5.13 Å². The highest BCUT2D eigenvalue weighted by molar-refractivity contribution is 7.15. The molecule has 0 bridgehead atoms. The second kappa shape index (κ2) is 5.80. The molecule has 1 saturated heterocycles. The molecule has 5 heteroatoms. The zero-order chi connectivity index (χ0) is 13.1. The van der Waals surface area contributed by atoms with Crippen LogP contribution in [-0.4, -0.2) is 35.4 Å². The van der Waals surface area contributed by atoms with Crippen molar-refractivity contribution in [1.82, 2.24) is 9.88 Å². The maximum atomic E-state index is 11.9. The Labute approximate surface area is 112 Å². The summed E-state index contributed by atoms with van der Waals surface area (Å²) >= 11 is 1.54. The minimum Gasteiger partial charge on any atom is -0.301 e. The van der Waals surface area contributed by atoms with Gasteiger partial charge in [-0.05, 0) is 39.2 Å². The summed E-state index contributed by atoms with van der Waals surface area (Å²) in [6.45, 7) is 8.79. The number of aryl methyl sites for hydroxylation is 2. The van der Waals surface area contributed by atoms with Gasteiger partial charge in [-0.3, -0.25) is 9.69 Å². The lowest BCUT2D eigenvalue weighted by molar-refractivity contribution is -0.117. The van der Waals surface area contributed by atoms with Gasteiger partial charge in [-0.1, -0.05) is 6.92 Å². The first-order chi connectivity index (χ1) is 8.54. The van der Waals surface area contributed by atoms with Crippen LogP contribution in [0.5, 0.6) is 0 Å². The molecule has 1 aromatic heterocycles. The minimum absolute atomic E-state index is 0.0536. The zero-order valence-corrected chi connectivity index (χ0v) is 12.1. The summed E-state index contributed by atoms with van der Waals surface area (Å²) < 4.78 is 0. The van der Waals surface area contributed by atoms with E-state index in [4.69, 9.17) is 0 Å². The van der Waals surface area contributed by atoms with Crippen LogP contribution in [-0.2, 0) is 4.79 Å². The van der Waals surface area contributed by atoms with Crippen molar-refractivity contribution in [2.45, 2.75) is 33.6 Å². The van der Waals surface area contributed by atoms with Gasteiger partial charge < -0.3 is 5.32 Å². The highest BCUT2D eigenvalue weighted by atomic mass is 32.1. The number of hydrogen-bond donors (Lipinski definition) is 1. The number of likely N-dealkylation sites (tertiary alicyclic amines) is 1. The number of aromatic nitrogens is 1. The maximum absolute atomic E-state index is 11.9. The Balaban J connectivity index is 1.84. The van der Waals surface area contributed by atoms with Gasteiger partial charge >= 0.3 is 0 Å². The predicted molar refractivity (Wildman–Crippen MR) is 75.1 cm³/mol. The molecule has 1 aromatic rings. The van der Waals surface area contributed by atoms with Gasteiger partial charge in [-0.25, -0.2) is 4.98 Å². The predicted octanol–water partition coefficient (Wildman–Crippen LogP) is 2.43. The molecule has 1 amide bonds. The van der Waals surface area contributed by atoms with Crippen molar-refractivity contribution in [3.05, 3.63) is 10.6 Å². The Morgan fingerprint density at radius 1 is 1.56 bits per heavy atom. The number of piperidine rings is 1. The van der Waals surface area contributed by atoms with Gasteiger partial charge in [0.25, 0.3) is 0 Å². The number of thiazole rings is 1. The third kappa shape index (κ3) is 3.53. The Morgan fingerprint density at radius 3 is 2.94 bits per heavy atom. The number of rotatable bonds is 3. The zero-order valence-electron chi connectivity index (χ0n) is 11.3. The van der Waals surface area contributed by atoms with E-state index in [1.165, 1.54) is 12.8 Å². The van der Waals surface area contributed by atoms with Crippen molar-refractivity contribution in [2.75, 3.05) is 25.0 Å². The molecule has 18 heavy (non-hydrogen) atoms. The summed E-state index contributed by atoms with van der Waals surface area (Å²) in [4.78, 5) is 19.6. The first-order valence-electron chi connectivity index (χ1n) is 6.51. The van der Waals surface area contributed by atoms with E-state index >= 15 is 0 Å². The summed E-state index contributed by atoms with van der Waals surface area (Å²) in [6.07, 6.45) is 2.48.